The molecule has 1 aliphatic heterocycles. The van der Waals surface area contributed by atoms with E-state index in [4.69, 9.17) is 4.42 Å². The van der Waals surface area contributed by atoms with Crippen LogP contribution in [0.25, 0.3) is 11.1 Å². The first-order chi connectivity index (χ1) is 16.5. The van der Waals surface area contributed by atoms with Gasteiger partial charge >= 0.3 is 0 Å². The highest BCUT2D eigenvalue weighted by molar-refractivity contribution is 6.13. The molecule has 1 aliphatic carbocycles. The molecule has 2 fully saturated rings. The van der Waals surface area contributed by atoms with Crippen LogP contribution in [0.15, 0.2) is 40.8 Å². The van der Waals surface area contributed by atoms with Gasteiger partial charge in [-0.25, -0.2) is 4.98 Å². The number of nitrogens with one attached hydrogen (secondary N) is 2. The first-order valence-electron chi connectivity index (χ1n) is 12.0. The number of fused-ring (bicyclic) bond motifs is 1. The standard InChI is InChI=1S/C26H29FN4O3/c1-16-4-8-18(9-5-16)28-26(33)24-23(22-20(34-24)12-13-21(27)29-22)30-25(32)17-6-10-19(11-7-17)31-14-2-3-15-31/h4-5,8-9,12-13,17,19H,2-3,6-7,10-11,14-15H2,1H3,(H,28,33)(H,30,32)/t17-,19-. The van der Waals surface area contributed by atoms with E-state index in [0.717, 1.165) is 44.3 Å². The van der Waals surface area contributed by atoms with E-state index >= 15 is 0 Å². The summed E-state index contributed by atoms with van der Waals surface area (Å²) in [5.74, 6) is -1.67. The van der Waals surface area contributed by atoms with Gasteiger partial charge in [0.1, 0.15) is 11.2 Å². The van der Waals surface area contributed by atoms with Gasteiger partial charge in [0.25, 0.3) is 5.91 Å². The Hall–Kier alpha value is -3.26. The molecule has 8 heteroatoms. The van der Waals surface area contributed by atoms with Crippen LogP contribution in [0.3, 0.4) is 0 Å². The van der Waals surface area contributed by atoms with E-state index in [1.54, 1.807) is 12.1 Å². The molecule has 3 heterocycles. The average molecular weight is 465 g/mol. The highest BCUT2D eigenvalue weighted by Gasteiger charge is 2.32. The Bertz CT molecular complexity index is 1190. The molecule has 34 heavy (non-hydrogen) atoms. The number of carbonyl (C=O) groups excluding carboxylic acids is 2. The van der Waals surface area contributed by atoms with Gasteiger partial charge in [0, 0.05) is 17.6 Å². The monoisotopic (exact) mass is 464 g/mol. The summed E-state index contributed by atoms with van der Waals surface area (Å²) in [5, 5.41) is 5.63. The van der Waals surface area contributed by atoms with Gasteiger partial charge in [-0.05, 0) is 82.8 Å². The molecule has 0 spiro atoms. The number of hydrogen-bond donors (Lipinski definition) is 2. The maximum atomic E-state index is 13.9. The number of halogens is 1. The molecule has 2 N–H and O–H groups in total. The van der Waals surface area contributed by atoms with Crippen molar-refractivity contribution < 1.29 is 18.4 Å². The predicted octanol–water partition coefficient (Wildman–Crippen LogP) is 5.12. The molecule has 0 radical (unpaired) electrons. The van der Waals surface area contributed by atoms with Crippen LogP contribution in [-0.2, 0) is 4.79 Å². The zero-order valence-electron chi connectivity index (χ0n) is 19.3. The van der Waals surface area contributed by atoms with E-state index < -0.39 is 11.9 Å². The minimum Gasteiger partial charge on any atom is -0.447 e. The number of pyridine rings is 1. The van der Waals surface area contributed by atoms with Gasteiger partial charge in [-0.3, -0.25) is 9.59 Å². The van der Waals surface area contributed by atoms with Gasteiger partial charge in [-0.15, -0.1) is 0 Å². The zero-order chi connectivity index (χ0) is 23.7. The summed E-state index contributed by atoms with van der Waals surface area (Å²) in [4.78, 5) is 32.6. The molecule has 1 aromatic carbocycles. The summed E-state index contributed by atoms with van der Waals surface area (Å²) in [7, 11) is 0. The number of furan rings is 1. The van der Waals surface area contributed by atoms with Crippen LogP contribution in [0.4, 0.5) is 15.8 Å². The molecule has 5 rings (SSSR count). The van der Waals surface area contributed by atoms with Crippen LogP contribution < -0.4 is 10.6 Å². The summed E-state index contributed by atoms with van der Waals surface area (Å²) in [6.07, 6.45) is 6.05. The zero-order valence-corrected chi connectivity index (χ0v) is 19.3. The van der Waals surface area contributed by atoms with Gasteiger partial charge in [0.2, 0.25) is 17.6 Å². The van der Waals surface area contributed by atoms with Gasteiger partial charge < -0.3 is 20.0 Å². The number of rotatable bonds is 5. The summed E-state index contributed by atoms with van der Waals surface area (Å²) >= 11 is 0. The molecule has 1 saturated carbocycles. The van der Waals surface area contributed by atoms with Crippen molar-refractivity contribution in [1.82, 2.24) is 9.88 Å². The Kier molecular flexibility index (Phi) is 6.32. The number of likely N-dealkylation sites (tertiary alicyclic amines) is 1. The molecule has 0 bridgehead atoms. The lowest BCUT2D eigenvalue weighted by Gasteiger charge is -2.33. The lowest BCUT2D eigenvalue weighted by atomic mass is 9.85. The fraction of sp³-hybridized carbons (Fsp3) is 0.423. The summed E-state index contributed by atoms with van der Waals surface area (Å²) < 4.78 is 19.6. The van der Waals surface area contributed by atoms with Gasteiger partial charge in [-0.2, -0.15) is 4.39 Å². The molecular weight excluding hydrogens is 435 g/mol. The molecule has 2 aliphatic rings. The van der Waals surface area contributed by atoms with Crippen LogP contribution >= 0.6 is 0 Å². The van der Waals surface area contributed by atoms with Crippen LogP contribution in [-0.4, -0.2) is 40.8 Å². The SMILES string of the molecule is Cc1ccc(NC(=O)c2oc3ccc(F)nc3c2NC(=O)[C@H]2CC[C@H](N3CCCC3)CC2)cc1. The quantitative estimate of drug-likeness (QED) is 0.512. The number of amides is 2. The Morgan fingerprint density at radius 1 is 1.00 bits per heavy atom. The second-order valence-electron chi connectivity index (χ2n) is 9.34. The largest absolute Gasteiger partial charge is 0.447 e. The van der Waals surface area contributed by atoms with Crippen molar-refractivity contribution >= 4 is 34.3 Å². The minimum absolute atomic E-state index is 0.0900. The molecule has 2 aromatic heterocycles. The van der Waals surface area contributed by atoms with Crippen molar-refractivity contribution in [1.29, 1.82) is 0 Å². The van der Waals surface area contributed by atoms with E-state index in [1.807, 2.05) is 19.1 Å². The normalized spacial score (nSPS) is 21.0. The smallest absolute Gasteiger partial charge is 0.293 e. The number of carbonyl (C=O) groups is 2. The maximum absolute atomic E-state index is 13.9. The Balaban J connectivity index is 1.35. The number of benzene rings is 1. The fourth-order valence-electron chi connectivity index (χ4n) is 5.09. The topological polar surface area (TPSA) is 87.5 Å². The van der Waals surface area contributed by atoms with Crippen molar-refractivity contribution in [2.75, 3.05) is 23.7 Å². The third-order valence-corrected chi connectivity index (χ3v) is 6.99. The highest BCUT2D eigenvalue weighted by atomic mass is 19.1. The number of nitrogens with zero attached hydrogens (tertiary/aromatic N) is 2. The predicted molar refractivity (Wildman–Crippen MR) is 128 cm³/mol. The molecule has 1 saturated heterocycles. The van der Waals surface area contributed by atoms with E-state index in [2.05, 4.69) is 20.5 Å². The second-order valence-corrected chi connectivity index (χ2v) is 9.34. The first-order valence-corrected chi connectivity index (χ1v) is 12.0. The van der Waals surface area contributed by atoms with E-state index in [1.165, 1.54) is 25.0 Å². The highest BCUT2D eigenvalue weighted by Crippen LogP contribution is 2.34. The number of hydrogen-bond acceptors (Lipinski definition) is 5. The van der Waals surface area contributed by atoms with Crippen molar-refractivity contribution in [2.45, 2.75) is 51.5 Å². The molecule has 3 aromatic rings. The van der Waals surface area contributed by atoms with Gasteiger partial charge in [0.15, 0.2) is 5.58 Å². The van der Waals surface area contributed by atoms with Crippen LogP contribution in [0.2, 0.25) is 0 Å². The van der Waals surface area contributed by atoms with Crippen molar-refractivity contribution in [2.24, 2.45) is 5.92 Å². The maximum Gasteiger partial charge on any atom is 0.293 e. The van der Waals surface area contributed by atoms with Crippen LogP contribution in [0.5, 0.6) is 0 Å². The van der Waals surface area contributed by atoms with Crippen LogP contribution in [0.1, 0.15) is 54.6 Å². The Labute approximate surface area is 197 Å². The molecule has 7 nitrogen and oxygen atoms in total. The van der Waals surface area contributed by atoms with Gasteiger partial charge in [0.05, 0.1) is 0 Å². The van der Waals surface area contributed by atoms with Crippen molar-refractivity contribution in [3.05, 3.63) is 53.7 Å². The van der Waals surface area contributed by atoms with E-state index in [0.29, 0.717) is 11.7 Å². The first kappa shape index (κ1) is 22.5. The lowest BCUT2D eigenvalue weighted by molar-refractivity contribution is -0.121. The number of anilines is 2. The van der Waals surface area contributed by atoms with E-state index in [-0.39, 0.29) is 34.4 Å². The lowest BCUT2D eigenvalue weighted by Crippen LogP contribution is -2.38. The van der Waals surface area contributed by atoms with Crippen molar-refractivity contribution in [3.8, 4) is 0 Å². The molecule has 0 atom stereocenters. The number of aryl methyl sites for hydroxylation is 1. The van der Waals surface area contributed by atoms with Crippen molar-refractivity contribution in [3.63, 3.8) is 0 Å². The number of aromatic nitrogens is 1. The summed E-state index contributed by atoms with van der Waals surface area (Å²) in [5.41, 5.74) is 2.14. The molecule has 178 valence electrons. The summed E-state index contributed by atoms with van der Waals surface area (Å²) in [6.45, 7) is 4.26. The molecule has 2 amide bonds. The molecule has 0 unspecified atom stereocenters. The molecular formula is C26H29FN4O3. The average Bonchev–Trinajstić information content (AvgIpc) is 3.49. The summed E-state index contributed by atoms with van der Waals surface area (Å²) in [6, 6.07) is 10.5. The third-order valence-electron chi connectivity index (χ3n) is 6.99. The third kappa shape index (κ3) is 4.68. The van der Waals surface area contributed by atoms with Gasteiger partial charge in [-0.1, -0.05) is 17.7 Å². The Morgan fingerprint density at radius 2 is 1.71 bits per heavy atom. The van der Waals surface area contributed by atoms with Crippen LogP contribution in [0, 0.1) is 18.8 Å². The van der Waals surface area contributed by atoms with E-state index in [9.17, 15) is 14.0 Å². The fourth-order valence-corrected chi connectivity index (χ4v) is 5.09. The minimum atomic E-state index is -0.708. The Morgan fingerprint density at radius 3 is 2.41 bits per heavy atom. The second kappa shape index (κ2) is 9.54.